The fourth-order valence-corrected chi connectivity index (χ4v) is 3.92. The second kappa shape index (κ2) is 7.86. The lowest BCUT2D eigenvalue weighted by Crippen LogP contribution is -2.36. The number of aryl methyl sites for hydroxylation is 2. The Hall–Kier alpha value is -1.78. The van der Waals surface area contributed by atoms with Crippen LogP contribution in [0.4, 0.5) is 0 Å². The average molecular weight is 340 g/mol. The number of nitrogens with one attached hydrogen (secondary N) is 2. The van der Waals surface area contributed by atoms with Gasteiger partial charge in [0.25, 0.3) is 5.91 Å². The summed E-state index contributed by atoms with van der Waals surface area (Å²) in [6.07, 6.45) is 1.01. The van der Waals surface area contributed by atoms with E-state index in [1.807, 2.05) is 30.0 Å². The number of thioether (sulfide) groups is 1. The molecule has 0 saturated carbocycles. The third-order valence-electron chi connectivity index (χ3n) is 4.31. The minimum atomic E-state index is 0.0297. The Bertz CT molecular complexity index is 723. The van der Waals surface area contributed by atoms with Gasteiger partial charge in [-0.1, -0.05) is 29.8 Å². The lowest BCUT2D eigenvalue weighted by Gasteiger charge is -2.12. The van der Waals surface area contributed by atoms with E-state index in [2.05, 4.69) is 48.7 Å². The molecule has 0 aromatic heterocycles. The molecule has 3 rings (SSSR count). The Balaban J connectivity index is 1.63. The van der Waals surface area contributed by atoms with Crippen molar-refractivity contribution in [3.05, 3.63) is 64.7 Å². The quantitative estimate of drug-likeness (QED) is 0.816. The molecule has 1 heterocycles. The maximum atomic E-state index is 12.4. The van der Waals surface area contributed by atoms with E-state index in [9.17, 15) is 4.79 Å². The molecule has 1 atom stereocenters. The predicted octanol–water partition coefficient (Wildman–Crippen LogP) is 3.69. The summed E-state index contributed by atoms with van der Waals surface area (Å²) < 4.78 is 0. The van der Waals surface area contributed by atoms with Crippen LogP contribution >= 0.6 is 11.8 Å². The van der Waals surface area contributed by atoms with E-state index in [0.29, 0.717) is 0 Å². The van der Waals surface area contributed by atoms with Crippen molar-refractivity contribution in [3.63, 3.8) is 0 Å². The van der Waals surface area contributed by atoms with E-state index >= 15 is 0 Å². The Kier molecular flexibility index (Phi) is 5.59. The molecule has 0 spiro atoms. The zero-order valence-corrected chi connectivity index (χ0v) is 15.1. The first kappa shape index (κ1) is 17.1. The van der Waals surface area contributed by atoms with E-state index in [-0.39, 0.29) is 11.9 Å². The third-order valence-corrected chi connectivity index (χ3v) is 5.56. The molecular weight excluding hydrogens is 316 g/mol. The smallest absolute Gasteiger partial charge is 0.251 e. The molecule has 3 nitrogen and oxygen atoms in total. The van der Waals surface area contributed by atoms with Gasteiger partial charge in [-0.05, 0) is 56.1 Å². The highest BCUT2D eigenvalue weighted by atomic mass is 32.2. The summed E-state index contributed by atoms with van der Waals surface area (Å²) in [7, 11) is 0. The number of hydrogen-bond acceptors (Lipinski definition) is 3. The van der Waals surface area contributed by atoms with Crippen LogP contribution in [0.1, 0.15) is 33.5 Å². The van der Waals surface area contributed by atoms with Crippen molar-refractivity contribution in [1.29, 1.82) is 0 Å². The summed E-state index contributed by atoms with van der Waals surface area (Å²) in [6.45, 7) is 6.11. The highest BCUT2D eigenvalue weighted by Crippen LogP contribution is 2.27. The SMILES string of the molecule is Cc1ccc(SCc2cccc(C(=O)NC3CCNC3)c2)c(C)c1. The molecule has 1 aliphatic heterocycles. The van der Waals surface area contributed by atoms with Crippen LogP contribution in [0, 0.1) is 13.8 Å². The van der Waals surface area contributed by atoms with Gasteiger partial charge >= 0.3 is 0 Å². The molecule has 1 aliphatic rings. The zero-order valence-electron chi connectivity index (χ0n) is 14.3. The number of benzene rings is 2. The lowest BCUT2D eigenvalue weighted by atomic mass is 10.1. The van der Waals surface area contributed by atoms with Gasteiger partial charge in [0, 0.05) is 28.8 Å². The number of carbonyl (C=O) groups excluding carboxylic acids is 1. The predicted molar refractivity (Wildman–Crippen MR) is 101 cm³/mol. The molecule has 0 aliphatic carbocycles. The largest absolute Gasteiger partial charge is 0.348 e. The molecule has 1 amide bonds. The maximum Gasteiger partial charge on any atom is 0.251 e. The van der Waals surface area contributed by atoms with E-state index in [4.69, 9.17) is 0 Å². The van der Waals surface area contributed by atoms with Crippen LogP contribution in [0.25, 0.3) is 0 Å². The highest BCUT2D eigenvalue weighted by molar-refractivity contribution is 7.98. The molecule has 1 unspecified atom stereocenters. The molecule has 24 heavy (non-hydrogen) atoms. The standard InChI is InChI=1S/C20H24N2OS/c1-14-6-7-19(15(2)10-14)24-13-16-4-3-5-17(11-16)20(23)22-18-8-9-21-12-18/h3-7,10-11,18,21H,8-9,12-13H2,1-2H3,(H,22,23). The van der Waals surface area contributed by atoms with Crippen LogP contribution in [0.3, 0.4) is 0 Å². The second-order valence-electron chi connectivity index (χ2n) is 6.42. The average Bonchev–Trinajstić information content (AvgIpc) is 3.07. The van der Waals surface area contributed by atoms with Crippen molar-refractivity contribution in [2.75, 3.05) is 13.1 Å². The van der Waals surface area contributed by atoms with Crippen molar-refractivity contribution < 1.29 is 4.79 Å². The molecule has 0 bridgehead atoms. The summed E-state index contributed by atoms with van der Waals surface area (Å²) >= 11 is 1.82. The van der Waals surface area contributed by atoms with Crippen LogP contribution in [-0.2, 0) is 5.75 Å². The number of carbonyl (C=O) groups is 1. The van der Waals surface area contributed by atoms with Crippen LogP contribution in [0.15, 0.2) is 47.4 Å². The van der Waals surface area contributed by atoms with E-state index < -0.39 is 0 Å². The fourth-order valence-electron chi connectivity index (χ4n) is 2.97. The molecule has 1 saturated heterocycles. The Labute approximate surface area is 148 Å². The van der Waals surface area contributed by atoms with Gasteiger partial charge in [0.05, 0.1) is 0 Å². The van der Waals surface area contributed by atoms with Crippen LogP contribution in [0.5, 0.6) is 0 Å². The number of rotatable bonds is 5. The minimum Gasteiger partial charge on any atom is -0.348 e. The first-order valence-electron chi connectivity index (χ1n) is 8.42. The van der Waals surface area contributed by atoms with E-state index in [1.54, 1.807) is 0 Å². The van der Waals surface area contributed by atoms with Crippen molar-refractivity contribution in [2.45, 2.75) is 37.0 Å². The first-order chi connectivity index (χ1) is 11.6. The molecule has 4 heteroatoms. The number of amides is 1. The van der Waals surface area contributed by atoms with Gasteiger partial charge in [-0.2, -0.15) is 0 Å². The molecule has 2 aromatic carbocycles. The summed E-state index contributed by atoms with van der Waals surface area (Å²) in [4.78, 5) is 13.7. The summed E-state index contributed by atoms with van der Waals surface area (Å²) in [5.74, 6) is 0.901. The topological polar surface area (TPSA) is 41.1 Å². The van der Waals surface area contributed by atoms with E-state index in [0.717, 1.165) is 30.8 Å². The first-order valence-corrected chi connectivity index (χ1v) is 9.41. The normalized spacial score (nSPS) is 17.0. The van der Waals surface area contributed by atoms with Gasteiger partial charge in [-0.15, -0.1) is 11.8 Å². The van der Waals surface area contributed by atoms with Gasteiger partial charge in [0.2, 0.25) is 0 Å². The van der Waals surface area contributed by atoms with Crippen molar-refractivity contribution >= 4 is 17.7 Å². The zero-order chi connectivity index (χ0) is 16.9. The van der Waals surface area contributed by atoms with Crippen molar-refractivity contribution in [3.8, 4) is 0 Å². The van der Waals surface area contributed by atoms with Crippen LogP contribution in [-0.4, -0.2) is 25.0 Å². The van der Waals surface area contributed by atoms with Gasteiger partial charge in [0.15, 0.2) is 0 Å². The molecule has 126 valence electrons. The maximum absolute atomic E-state index is 12.4. The molecule has 2 aromatic rings. The number of hydrogen-bond donors (Lipinski definition) is 2. The molecule has 0 radical (unpaired) electrons. The highest BCUT2D eigenvalue weighted by Gasteiger charge is 2.17. The van der Waals surface area contributed by atoms with E-state index in [1.165, 1.54) is 21.6 Å². The van der Waals surface area contributed by atoms with Gasteiger partial charge in [-0.25, -0.2) is 0 Å². The monoisotopic (exact) mass is 340 g/mol. The summed E-state index contributed by atoms with van der Waals surface area (Å²) in [5, 5.41) is 6.37. The third kappa shape index (κ3) is 4.40. The molecule has 2 N–H and O–H groups in total. The van der Waals surface area contributed by atoms with Crippen molar-refractivity contribution in [1.82, 2.24) is 10.6 Å². The fraction of sp³-hybridized carbons (Fsp3) is 0.350. The Morgan fingerprint density at radius 3 is 2.88 bits per heavy atom. The lowest BCUT2D eigenvalue weighted by molar-refractivity contribution is 0.0940. The molecular formula is C20H24N2OS. The van der Waals surface area contributed by atoms with Crippen LogP contribution in [0.2, 0.25) is 0 Å². The Morgan fingerprint density at radius 1 is 1.25 bits per heavy atom. The van der Waals surface area contributed by atoms with Crippen molar-refractivity contribution in [2.24, 2.45) is 0 Å². The second-order valence-corrected chi connectivity index (χ2v) is 7.44. The van der Waals surface area contributed by atoms with Gasteiger partial charge in [-0.3, -0.25) is 4.79 Å². The molecule has 1 fully saturated rings. The Morgan fingerprint density at radius 2 is 2.12 bits per heavy atom. The summed E-state index contributed by atoms with van der Waals surface area (Å²) in [5.41, 5.74) is 4.53. The minimum absolute atomic E-state index is 0.0297. The van der Waals surface area contributed by atoms with Crippen LogP contribution < -0.4 is 10.6 Å². The van der Waals surface area contributed by atoms with Gasteiger partial charge < -0.3 is 10.6 Å². The summed E-state index contributed by atoms with van der Waals surface area (Å²) in [6, 6.07) is 14.8. The van der Waals surface area contributed by atoms with Gasteiger partial charge in [0.1, 0.15) is 0 Å².